The zero-order chi connectivity index (χ0) is 17.8. The molecule has 0 atom stereocenters. The number of aromatic nitrogens is 2. The number of rotatable bonds is 4. The molecule has 1 aliphatic heterocycles. The molecule has 0 spiro atoms. The molecule has 0 aliphatic carbocycles. The van der Waals surface area contributed by atoms with E-state index in [4.69, 9.17) is 9.47 Å². The third-order valence-corrected chi connectivity index (χ3v) is 3.97. The van der Waals surface area contributed by atoms with Crippen LogP contribution in [0.15, 0.2) is 35.1 Å². The maximum Gasteiger partial charge on any atom is 0.278 e. The highest BCUT2D eigenvalue weighted by Gasteiger charge is 2.24. The van der Waals surface area contributed by atoms with E-state index in [9.17, 15) is 9.59 Å². The second-order valence-corrected chi connectivity index (χ2v) is 5.78. The lowest BCUT2D eigenvalue weighted by Crippen LogP contribution is -2.43. The van der Waals surface area contributed by atoms with Crippen LogP contribution in [0.4, 0.5) is 0 Å². The Balaban J connectivity index is 2.04. The van der Waals surface area contributed by atoms with E-state index in [0.29, 0.717) is 38.8 Å². The average molecular weight is 343 g/mol. The summed E-state index contributed by atoms with van der Waals surface area (Å²) >= 11 is 0. The number of ether oxygens (including phenoxy) is 2. The van der Waals surface area contributed by atoms with Gasteiger partial charge in [-0.15, -0.1) is 0 Å². The summed E-state index contributed by atoms with van der Waals surface area (Å²) < 4.78 is 12.3. The van der Waals surface area contributed by atoms with Crippen molar-refractivity contribution >= 4 is 5.91 Å². The molecule has 1 aromatic heterocycles. The minimum atomic E-state index is -0.441. The molecular formula is C18H21N3O4. The third-order valence-electron chi connectivity index (χ3n) is 3.97. The second-order valence-electron chi connectivity index (χ2n) is 5.78. The van der Waals surface area contributed by atoms with Crippen LogP contribution in [-0.4, -0.2) is 53.5 Å². The fraction of sp³-hybridized carbons (Fsp3) is 0.389. The first-order valence-corrected chi connectivity index (χ1v) is 8.31. The fourth-order valence-corrected chi connectivity index (χ4v) is 2.63. The van der Waals surface area contributed by atoms with Crippen LogP contribution in [0, 0.1) is 6.92 Å². The van der Waals surface area contributed by atoms with Gasteiger partial charge in [0.2, 0.25) is 11.3 Å². The van der Waals surface area contributed by atoms with E-state index in [1.807, 2.05) is 38.1 Å². The van der Waals surface area contributed by atoms with Gasteiger partial charge in [-0.05, 0) is 26.0 Å². The first kappa shape index (κ1) is 17.2. The molecule has 25 heavy (non-hydrogen) atoms. The number of hydrogen-bond acceptors (Lipinski definition) is 5. The summed E-state index contributed by atoms with van der Waals surface area (Å²) in [6.45, 7) is 6.05. The smallest absolute Gasteiger partial charge is 0.278 e. The van der Waals surface area contributed by atoms with Crippen molar-refractivity contribution in [2.75, 3.05) is 32.9 Å². The topological polar surface area (TPSA) is 73.7 Å². The fourth-order valence-electron chi connectivity index (χ4n) is 2.63. The van der Waals surface area contributed by atoms with Gasteiger partial charge >= 0.3 is 0 Å². The van der Waals surface area contributed by atoms with Crippen molar-refractivity contribution < 1.29 is 14.3 Å². The third kappa shape index (κ3) is 3.71. The number of benzene rings is 1. The van der Waals surface area contributed by atoms with E-state index in [1.54, 1.807) is 4.90 Å². The van der Waals surface area contributed by atoms with Crippen molar-refractivity contribution in [3.63, 3.8) is 0 Å². The zero-order valence-corrected chi connectivity index (χ0v) is 14.4. The standard InChI is InChI=1S/C18H21N3O4/c1-3-25-16-12-15(22)17(18(23)20-8-10-24-11-9-20)19-21(16)14-6-4-13(2)5-7-14/h4-7,12H,3,8-11H2,1-2H3. The molecule has 0 unspecified atom stereocenters. The molecule has 3 rings (SSSR count). The molecule has 1 aromatic carbocycles. The average Bonchev–Trinajstić information content (AvgIpc) is 2.63. The second kappa shape index (κ2) is 7.48. The molecular weight excluding hydrogens is 322 g/mol. The lowest BCUT2D eigenvalue weighted by atomic mass is 10.2. The molecule has 0 N–H and O–H groups in total. The normalized spacial score (nSPS) is 14.4. The number of morpholine rings is 1. The van der Waals surface area contributed by atoms with Crippen LogP contribution in [0.2, 0.25) is 0 Å². The molecule has 2 aromatic rings. The Hall–Kier alpha value is -2.67. The summed E-state index contributed by atoms with van der Waals surface area (Å²) in [6, 6.07) is 8.95. The van der Waals surface area contributed by atoms with E-state index >= 15 is 0 Å². The minimum Gasteiger partial charge on any atom is -0.478 e. The Morgan fingerprint density at radius 2 is 1.92 bits per heavy atom. The van der Waals surface area contributed by atoms with E-state index in [-0.39, 0.29) is 11.6 Å². The molecule has 0 bridgehead atoms. The molecule has 1 fully saturated rings. The Labute approximate surface area is 145 Å². The van der Waals surface area contributed by atoms with Gasteiger partial charge in [-0.2, -0.15) is 5.10 Å². The van der Waals surface area contributed by atoms with Gasteiger partial charge in [-0.25, -0.2) is 4.68 Å². The summed E-state index contributed by atoms with van der Waals surface area (Å²) in [5.74, 6) is -0.0629. The van der Waals surface area contributed by atoms with Crippen LogP contribution in [0.1, 0.15) is 23.0 Å². The van der Waals surface area contributed by atoms with Crippen molar-refractivity contribution in [1.29, 1.82) is 0 Å². The Morgan fingerprint density at radius 1 is 1.24 bits per heavy atom. The summed E-state index contributed by atoms with van der Waals surface area (Å²) in [6.07, 6.45) is 0. The van der Waals surface area contributed by atoms with E-state index < -0.39 is 5.43 Å². The summed E-state index contributed by atoms with van der Waals surface area (Å²) in [7, 11) is 0. The van der Waals surface area contributed by atoms with E-state index in [2.05, 4.69) is 5.10 Å². The molecule has 0 saturated carbocycles. The number of carbonyl (C=O) groups excluding carboxylic acids is 1. The van der Waals surface area contributed by atoms with Crippen LogP contribution in [0.5, 0.6) is 5.88 Å². The summed E-state index contributed by atoms with van der Waals surface area (Å²) in [5, 5.41) is 4.31. The molecule has 1 amide bonds. The predicted octanol–water partition coefficient (Wildman–Crippen LogP) is 1.41. The summed E-state index contributed by atoms with van der Waals surface area (Å²) in [4.78, 5) is 26.7. The van der Waals surface area contributed by atoms with Gasteiger partial charge in [0.05, 0.1) is 31.6 Å². The molecule has 1 saturated heterocycles. The van der Waals surface area contributed by atoms with Crippen LogP contribution in [-0.2, 0) is 4.74 Å². The SMILES string of the molecule is CCOc1cc(=O)c(C(=O)N2CCOCC2)nn1-c1ccc(C)cc1. The van der Waals surface area contributed by atoms with Gasteiger partial charge < -0.3 is 14.4 Å². The molecule has 2 heterocycles. The lowest BCUT2D eigenvalue weighted by Gasteiger charge is -2.26. The zero-order valence-electron chi connectivity index (χ0n) is 14.4. The number of amides is 1. The number of nitrogens with zero attached hydrogens (tertiary/aromatic N) is 3. The maximum absolute atomic E-state index is 12.7. The highest BCUT2D eigenvalue weighted by atomic mass is 16.5. The van der Waals surface area contributed by atoms with Crippen LogP contribution in [0.3, 0.4) is 0 Å². The summed E-state index contributed by atoms with van der Waals surface area (Å²) in [5.41, 5.74) is 1.28. The number of hydrogen-bond donors (Lipinski definition) is 0. The van der Waals surface area contributed by atoms with Gasteiger partial charge in [0.25, 0.3) is 5.91 Å². The van der Waals surface area contributed by atoms with Gasteiger partial charge in [-0.3, -0.25) is 9.59 Å². The van der Waals surface area contributed by atoms with Crippen LogP contribution < -0.4 is 10.2 Å². The van der Waals surface area contributed by atoms with Crippen molar-refractivity contribution in [2.45, 2.75) is 13.8 Å². The van der Waals surface area contributed by atoms with Gasteiger partial charge in [-0.1, -0.05) is 17.7 Å². The van der Waals surface area contributed by atoms with Gasteiger partial charge in [0.15, 0.2) is 5.69 Å². The maximum atomic E-state index is 12.7. The minimum absolute atomic E-state index is 0.106. The predicted molar refractivity (Wildman–Crippen MR) is 92.5 cm³/mol. The highest BCUT2D eigenvalue weighted by molar-refractivity contribution is 5.92. The Bertz CT molecular complexity index is 808. The van der Waals surface area contributed by atoms with Crippen LogP contribution in [0.25, 0.3) is 5.69 Å². The van der Waals surface area contributed by atoms with E-state index in [0.717, 1.165) is 11.3 Å². The van der Waals surface area contributed by atoms with E-state index in [1.165, 1.54) is 10.7 Å². The Morgan fingerprint density at radius 3 is 2.56 bits per heavy atom. The van der Waals surface area contributed by atoms with Crippen LogP contribution >= 0.6 is 0 Å². The van der Waals surface area contributed by atoms with Gasteiger partial charge in [0, 0.05) is 13.1 Å². The first-order chi connectivity index (χ1) is 12.1. The molecule has 1 aliphatic rings. The Kier molecular flexibility index (Phi) is 5.14. The van der Waals surface area contributed by atoms with Gasteiger partial charge in [0.1, 0.15) is 0 Å². The van der Waals surface area contributed by atoms with Crippen molar-refractivity contribution in [3.8, 4) is 11.6 Å². The molecule has 7 heteroatoms. The first-order valence-electron chi connectivity index (χ1n) is 8.31. The molecule has 0 radical (unpaired) electrons. The van der Waals surface area contributed by atoms with Crippen molar-refractivity contribution in [1.82, 2.24) is 14.7 Å². The molecule has 7 nitrogen and oxygen atoms in total. The lowest BCUT2D eigenvalue weighted by molar-refractivity contribution is 0.0296. The highest BCUT2D eigenvalue weighted by Crippen LogP contribution is 2.16. The largest absolute Gasteiger partial charge is 0.478 e. The monoisotopic (exact) mass is 343 g/mol. The van der Waals surface area contributed by atoms with Crippen molar-refractivity contribution in [2.24, 2.45) is 0 Å². The number of carbonyl (C=O) groups is 1. The molecule has 132 valence electrons. The number of aryl methyl sites for hydroxylation is 1. The van der Waals surface area contributed by atoms with Crippen molar-refractivity contribution in [3.05, 3.63) is 51.8 Å². The quantitative estimate of drug-likeness (QED) is 0.839.